The summed E-state index contributed by atoms with van der Waals surface area (Å²) in [5.41, 5.74) is 0.333. The minimum absolute atomic E-state index is 0.333. The molecule has 1 saturated heterocycles. The number of rotatable bonds is 4. The molecule has 1 aliphatic carbocycles. The first-order valence-corrected chi connectivity index (χ1v) is 8.47. The van der Waals surface area contributed by atoms with Crippen LogP contribution in [-0.4, -0.2) is 36.1 Å². The molecule has 19 heavy (non-hydrogen) atoms. The van der Waals surface area contributed by atoms with Crippen molar-refractivity contribution >= 4 is 0 Å². The predicted octanol–water partition coefficient (Wildman–Crippen LogP) is 3.67. The molecule has 1 saturated carbocycles. The van der Waals surface area contributed by atoms with Gasteiger partial charge in [-0.2, -0.15) is 0 Å². The highest BCUT2D eigenvalue weighted by Crippen LogP contribution is 2.30. The molecule has 2 fully saturated rings. The van der Waals surface area contributed by atoms with Gasteiger partial charge in [0.1, 0.15) is 0 Å². The summed E-state index contributed by atoms with van der Waals surface area (Å²) >= 11 is 0. The first kappa shape index (κ1) is 15.3. The average molecular weight is 266 g/mol. The maximum absolute atomic E-state index is 3.86. The summed E-state index contributed by atoms with van der Waals surface area (Å²) in [4.78, 5) is 2.75. The van der Waals surface area contributed by atoms with Crippen molar-refractivity contribution in [2.24, 2.45) is 11.8 Å². The number of nitrogens with one attached hydrogen (secondary N) is 1. The topological polar surface area (TPSA) is 15.3 Å². The third-order valence-electron chi connectivity index (χ3n) is 5.27. The molecule has 0 aromatic rings. The maximum atomic E-state index is 3.86. The quantitative estimate of drug-likeness (QED) is 0.835. The molecular weight excluding hydrogens is 232 g/mol. The molecule has 1 unspecified atom stereocenters. The standard InChI is InChI=1S/C17H34N2/c1-14(2)10-11-19-12-16(18-13-17(19,3)4)15-8-6-5-7-9-15/h14-16,18H,5-13H2,1-4H3. The molecule has 1 heterocycles. The van der Waals surface area contributed by atoms with Gasteiger partial charge < -0.3 is 5.32 Å². The SMILES string of the molecule is CC(C)CCN1CC(C2CCCCC2)NCC1(C)C. The highest BCUT2D eigenvalue weighted by Gasteiger charge is 2.36. The van der Waals surface area contributed by atoms with Crippen molar-refractivity contribution in [1.29, 1.82) is 0 Å². The highest BCUT2D eigenvalue weighted by atomic mass is 15.3. The lowest BCUT2D eigenvalue weighted by Gasteiger charge is -2.49. The van der Waals surface area contributed by atoms with Crippen LogP contribution >= 0.6 is 0 Å². The van der Waals surface area contributed by atoms with E-state index in [9.17, 15) is 0 Å². The van der Waals surface area contributed by atoms with E-state index in [0.29, 0.717) is 5.54 Å². The second-order valence-electron chi connectivity index (χ2n) is 7.83. The van der Waals surface area contributed by atoms with Crippen molar-refractivity contribution in [2.45, 2.75) is 77.8 Å². The second kappa shape index (κ2) is 6.58. The molecule has 2 nitrogen and oxygen atoms in total. The van der Waals surface area contributed by atoms with E-state index in [0.717, 1.165) is 24.4 Å². The molecule has 112 valence electrons. The number of piperazine rings is 1. The van der Waals surface area contributed by atoms with Crippen molar-refractivity contribution < 1.29 is 0 Å². The van der Waals surface area contributed by atoms with Crippen LogP contribution in [0, 0.1) is 11.8 Å². The van der Waals surface area contributed by atoms with Gasteiger partial charge in [-0.25, -0.2) is 0 Å². The van der Waals surface area contributed by atoms with Gasteiger partial charge in [0.05, 0.1) is 0 Å². The Morgan fingerprint density at radius 3 is 2.47 bits per heavy atom. The fourth-order valence-corrected chi connectivity index (χ4v) is 3.70. The monoisotopic (exact) mass is 266 g/mol. The Labute approximate surface area is 120 Å². The molecule has 0 bridgehead atoms. The van der Waals surface area contributed by atoms with Gasteiger partial charge in [0.2, 0.25) is 0 Å². The number of hydrogen-bond acceptors (Lipinski definition) is 2. The molecule has 0 aromatic carbocycles. The Balaban J connectivity index is 1.91. The minimum Gasteiger partial charge on any atom is -0.311 e. The van der Waals surface area contributed by atoms with E-state index >= 15 is 0 Å². The summed E-state index contributed by atoms with van der Waals surface area (Å²) in [6.45, 7) is 13.2. The van der Waals surface area contributed by atoms with Crippen LogP contribution in [0.25, 0.3) is 0 Å². The fourth-order valence-electron chi connectivity index (χ4n) is 3.70. The van der Waals surface area contributed by atoms with Gasteiger partial charge in [0.15, 0.2) is 0 Å². The third-order valence-corrected chi connectivity index (χ3v) is 5.27. The Kier molecular flexibility index (Phi) is 5.30. The van der Waals surface area contributed by atoms with Crippen molar-refractivity contribution in [3.05, 3.63) is 0 Å². The van der Waals surface area contributed by atoms with Gasteiger partial charge in [-0.15, -0.1) is 0 Å². The van der Waals surface area contributed by atoms with Crippen molar-refractivity contribution in [2.75, 3.05) is 19.6 Å². The van der Waals surface area contributed by atoms with E-state index in [1.807, 2.05) is 0 Å². The van der Waals surface area contributed by atoms with Crippen LogP contribution in [0.4, 0.5) is 0 Å². The van der Waals surface area contributed by atoms with Crippen LogP contribution in [0.3, 0.4) is 0 Å². The van der Waals surface area contributed by atoms with Crippen LogP contribution in [-0.2, 0) is 0 Å². The normalized spacial score (nSPS) is 29.8. The zero-order chi connectivity index (χ0) is 13.9. The molecule has 2 aliphatic rings. The van der Waals surface area contributed by atoms with E-state index in [1.54, 1.807) is 0 Å². The van der Waals surface area contributed by atoms with Gasteiger partial charge in [0, 0.05) is 24.7 Å². The first-order chi connectivity index (χ1) is 8.99. The predicted molar refractivity (Wildman–Crippen MR) is 83.5 cm³/mol. The van der Waals surface area contributed by atoms with Crippen molar-refractivity contribution in [1.82, 2.24) is 10.2 Å². The zero-order valence-electron chi connectivity index (χ0n) is 13.5. The van der Waals surface area contributed by atoms with E-state index < -0.39 is 0 Å². The summed E-state index contributed by atoms with van der Waals surface area (Å²) in [6.07, 6.45) is 8.62. The third kappa shape index (κ3) is 4.19. The van der Waals surface area contributed by atoms with Gasteiger partial charge in [-0.3, -0.25) is 4.90 Å². The molecule has 0 spiro atoms. The molecule has 0 amide bonds. The van der Waals surface area contributed by atoms with E-state index in [2.05, 4.69) is 37.9 Å². The summed E-state index contributed by atoms with van der Waals surface area (Å²) < 4.78 is 0. The van der Waals surface area contributed by atoms with Crippen LogP contribution in [0.5, 0.6) is 0 Å². The zero-order valence-corrected chi connectivity index (χ0v) is 13.5. The molecule has 1 N–H and O–H groups in total. The lowest BCUT2D eigenvalue weighted by Crippen LogP contribution is -2.63. The Morgan fingerprint density at radius 2 is 1.84 bits per heavy atom. The van der Waals surface area contributed by atoms with Crippen LogP contribution in [0.15, 0.2) is 0 Å². The highest BCUT2D eigenvalue weighted by molar-refractivity contribution is 4.95. The molecule has 0 aromatic heterocycles. The van der Waals surface area contributed by atoms with Crippen LogP contribution < -0.4 is 5.32 Å². The maximum Gasteiger partial charge on any atom is 0.0278 e. The molecule has 1 aliphatic heterocycles. The smallest absolute Gasteiger partial charge is 0.0278 e. The van der Waals surface area contributed by atoms with Crippen LogP contribution in [0.1, 0.15) is 66.2 Å². The van der Waals surface area contributed by atoms with E-state index in [4.69, 9.17) is 0 Å². The lowest BCUT2D eigenvalue weighted by atomic mass is 9.81. The molecular formula is C17H34N2. The Morgan fingerprint density at radius 1 is 1.16 bits per heavy atom. The van der Waals surface area contributed by atoms with Crippen molar-refractivity contribution in [3.8, 4) is 0 Å². The number of nitrogens with zero attached hydrogens (tertiary/aromatic N) is 1. The van der Waals surface area contributed by atoms with Crippen molar-refractivity contribution in [3.63, 3.8) is 0 Å². The summed E-state index contributed by atoms with van der Waals surface area (Å²) in [5, 5.41) is 3.86. The van der Waals surface area contributed by atoms with Gasteiger partial charge in [-0.1, -0.05) is 33.1 Å². The Hall–Kier alpha value is -0.0800. The summed E-state index contributed by atoms with van der Waals surface area (Å²) in [7, 11) is 0. The average Bonchev–Trinajstić information content (AvgIpc) is 2.38. The van der Waals surface area contributed by atoms with Gasteiger partial charge in [-0.05, 0) is 51.5 Å². The first-order valence-electron chi connectivity index (χ1n) is 8.47. The minimum atomic E-state index is 0.333. The van der Waals surface area contributed by atoms with E-state index in [-0.39, 0.29) is 0 Å². The molecule has 2 rings (SSSR count). The van der Waals surface area contributed by atoms with Gasteiger partial charge in [0.25, 0.3) is 0 Å². The van der Waals surface area contributed by atoms with Crippen LogP contribution in [0.2, 0.25) is 0 Å². The largest absolute Gasteiger partial charge is 0.311 e. The lowest BCUT2D eigenvalue weighted by molar-refractivity contribution is 0.0406. The van der Waals surface area contributed by atoms with E-state index in [1.165, 1.54) is 51.6 Å². The molecule has 0 radical (unpaired) electrons. The Bertz CT molecular complexity index is 266. The second-order valence-corrected chi connectivity index (χ2v) is 7.83. The fraction of sp³-hybridized carbons (Fsp3) is 1.00. The molecule has 1 atom stereocenters. The summed E-state index contributed by atoms with van der Waals surface area (Å²) in [6, 6.07) is 0.750. The van der Waals surface area contributed by atoms with Gasteiger partial charge >= 0.3 is 0 Å². The molecule has 2 heteroatoms. The number of hydrogen-bond donors (Lipinski definition) is 1. The summed E-state index contributed by atoms with van der Waals surface area (Å²) in [5.74, 6) is 1.75.